The van der Waals surface area contributed by atoms with Gasteiger partial charge in [0.25, 0.3) is 0 Å². The molecule has 0 fully saturated rings. The quantitative estimate of drug-likeness (QED) is 0.838. The van der Waals surface area contributed by atoms with E-state index in [0.717, 1.165) is 11.1 Å². The number of phenols is 2. The lowest BCUT2D eigenvalue weighted by Gasteiger charge is -2.09. The first-order valence-corrected chi connectivity index (χ1v) is 6.06. The van der Waals surface area contributed by atoms with Crippen molar-refractivity contribution in [2.75, 3.05) is 14.2 Å². The molecule has 0 aliphatic rings. The number of methoxy groups -OCH3 is 2. The normalized spacial score (nSPS) is 10.7. The maximum atomic E-state index is 9.83. The molecule has 2 aromatic carbocycles. The summed E-state index contributed by atoms with van der Waals surface area (Å²) in [5.41, 5.74) is 1.69. The maximum Gasteiger partial charge on any atom is 0.200 e. The zero-order valence-electron chi connectivity index (χ0n) is 11.3. The molecule has 0 spiro atoms. The summed E-state index contributed by atoms with van der Waals surface area (Å²) in [5.74, 6) is 0.886. The largest absolute Gasteiger partial charge is 0.508 e. The highest BCUT2D eigenvalue weighted by atomic mass is 16.5. The third kappa shape index (κ3) is 3.03. The van der Waals surface area contributed by atoms with Crippen molar-refractivity contribution in [2.24, 2.45) is 0 Å². The Kier molecular flexibility index (Phi) is 4.15. The van der Waals surface area contributed by atoms with Gasteiger partial charge in [-0.3, -0.25) is 0 Å². The molecule has 2 aromatic rings. The van der Waals surface area contributed by atoms with Crippen molar-refractivity contribution in [3.63, 3.8) is 0 Å². The second-order valence-electron chi connectivity index (χ2n) is 4.20. The van der Waals surface area contributed by atoms with Gasteiger partial charge in [-0.25, -0.2) is 0 Å². The Balaban J connectivity index is 2.33. The Labute approximate surface area is 117 Å². The van der Waals surface area contributed by atoms with Crippen LogP contribution in [0.4, 0.5) is 0 Å². The van der Waals surface area contributed by atoms with Crippen LogP contribution in [-0.4, -0.2) is 24.4 Å². The fourth-order valence-corrected chi connectivity index (χ4v) is 1.83. The molecule has 2 N–H and O–H groups in total. The van der Waals surface area contributed by atoms with Crippen LogP contribution in [0.2, 0.25) is 0 Å². The van der Waals surface area contributed by atoms with E-state index < -0.39 is 0 Å². The van der Waals surface area contributed by atoms with Gasteiger partial charge in [-0.05, 0) is 35.4 Å². The molecule has 4 heteroatoms. The molecule has 0 unspecified atom stereocenters. The van der Waals surface area contributed by atoms with Gasteiger partial charge in [0.05, 0.1) is 14.2 Å². The second-order valence-corrected chi connectivity index (χ2v) is 4.20. The fraction of sp³-hybridized carbons (Fsp3) is 0.125. The predicted molar refractivity (Wildman–Crippen MR) is 78.2 cm³/mol. The van der Waals surface area contributed by atoms with Crippen molar-refractivity contribution >= 4 is 12.2 Å². The number of rotatable bonds is 4. The highest BCUT2D eigenvalue weighted by Gasteiger charge is 2.09. The van der Waals surface area contributed by atoms with Gasteiger partial charge in [0.15, 0.2) is 11.5 Å². The average Bonchev–Trinajstić information content (AvgIpc) is 2.46. The summed E-state index contributed by atoms with van der Waals surface area (Å²) in [6.45, 7) is 0. The van der Waals surface area contributed by atoms with E-state index in [4.69, 9.17) is 9.47 Å². The molecule has 0 bridgehead atoms. The summed E-state index contributed by atoms with van der Waals surface area (Å²) >= 11 is 0. The van der Waals surface area contributed by atoms with E-state index in [9.17, 15) is 10.2 Å². The molecule has 0 heterocycles. The number of hydrogen-bond acceptors (Lipinski definition) is 4. The molecule has 2 rings (SSSR count). The standard InChI is InChI=1S/C16H16O4/c1-19-14-9-12(10-15(20-2)16(14)18)7-6-11-4-3-5-13(17)8-11/h3-10,17-18H,1-2H3. The van der Waals surface area contributed by atoms with E-state index in [1.165, 1.54) is 14.2 Å². The Hall–Kier alpha value is -2.62. The van der Waals surface area contributed by atoms with Gasteiger partial charge in [0.1, 0.15) is 5.75 Å². The van der Waals surface area contributed by atoms with Gasteiger partial charge in [0, 0.05) is 0 Å². The highest BCUT2D eigenvalue weighted by Crippen LogP contribution is 2.37. The molecule has 0 radical (unpaired) electrons. The summed E-state index contributed by atoms with van der Waals surface area (Å²) in [5, 5.41) is 19.2. The monoisotopic (exact) mass is 272 g/mol. The molecule has 0 amide bonds. The molecule has 4 nitrogen and oxygen atoms in total. The first-order chi connectivity index (χ1) is 9.63. The van der Waals surface area contributed by atoms with Gasteiger partial charge < -0.3 is 19.7 Å². The molecule has 0 aliphatic carbocycles. The molecule has 0 saturated heterocycles. The van der Waals surface area contributed by atoms with Gasteiger partial charge >= 0.3 is 0 Å². The van der Waals surface area contributed by atoms with E-state index in [-0.39, 0.29) is 11.5 Å². The molecule has 104 valence electrons. The summed E-state index contributed by atoms with van der Waals surface area (Å²) < 4.78 is 10.2. The molecule has 20 heavy (non-hydrogen) atoms. The molecular weight excluding hydrogens is 256 g/mol. The summed E-state index contributed by atoms with van der Waals surface area (Å²) in [6, 6.07) is 10.3. The van der Waals surface area contributed by atoms with Crippen LogP contribution in [0, 0.1) is 0 Å². The zero-order chi connectivity index (χ0) is 14.5. The van der Waals surface area contributed by atoms with Gasteiger partial charge in [0.2, 0.25) is 5.75 Å². The van der Waals surface area contributed by atoms with E-state index in [1.807, 2.05) is 18.2 Å². The van der Waals surface area contributed by atoms with Gasteiger partial charge in [-0.1, -0.05) is 24.3 Å². The lowest BCUT2D eigenvalue weighted by molar-refractivity contribution is 0.340. The average molecular weight is 272 g/mol. The number of phenolic OH excluding ortho intramolecular Hbond substituents is 2. The van der Waals surface area contributed by atoms with E-state index in [0.29, 0.717) is 11.5 Å². The summed E-state index contributed by atoms with van der Waals surface area (Å²) in [4.78, 5) is 0. The van der Waals surface area contributed by atoms with Crippen molar-refractivity contribution < 1.29 is 19.7 Å². The molecule has 0 aliphatic heterocycles. The molecule has 0 aromatic heterocycles. The second kappa shape index (κ2) is 6.02. The Morgan fingerprint density at radius 1 is 0.850 bits per heavy atom. The molecule has 0 saturated carbocycles. The van der Waals surface area contributed by atoms with Crippen LogP contribution in [0.25, 0.3) is 12.2 Å². The first-order valence-electron chi connectivity index (χ1n) is 6.06. The van der Waals surface area contributed by atoms with E-state index >= 15 is 0 Å². The summed E-state index contributed by atoms with van der Waals surface area (Å²) in [6.07, 6.45) is 3.70. The van der Waals surface area contributed by atoms with Crippen LogP contribution in [-0.2, 0) is 0 Å². The smallest absolute Gasteiger partial charge is 0.200 e. The van der Waals surface area contributed by atoms with Crippen LogP contribution < -0.4 is 9.47 Å². The number of benzene rings is 2. The Bertz CT molecular complexity index is 607. The van der Waals surface area contributed by atoms with Gasteiger partial charge in [-0.2, -0.15) is 0 Å². The minimum absolute atomic E-state index is 0.0236. The highest BCUT2D eigenvalue weighted by molar-refractivity contribution is 5.73. The van der Waals surface area contributed by atoms with Crippen molar-refractivity contribution in [1.82, 2.24) is 0 Å². The molecule has 0 atom stereocenters. The van der Waals surface area contributed by atoms with E-state index in [1.54, 1.807) is 30.3 Å². The lowest BCUT2D eigenvalue weighted by Crippen LogP contribution is -1.90. The number of ether oxygens (including phenoxy) is 2. The van der Waals surface area contributed by atoms with Crippen molar-refractivity contribution in [1.29, 1.82) is 0 Å². The number of hydrogen-bond donors (Lipinski definition) is 2. The van der Waals surface area contributed by atoms with Crippen molar-refractivity contribution in [3.8, 4) is 23.0 Å². The lowest BCUT2D eigenvalue weighted by atomic mass is 10.1. The topological polar surface area (TPSA) is 58.9 Å². The fourth-order valence-electron chi connectivity index (χ4n) is 1.83. The minimum Gasteiger partial charge on any atom is -0.508 e. The van der Waals surface area contributed by atoms with Crippen LogP contribution in [0.1, 0.15) is 11.1 Å². The first kappa shape index (κ1) is 13.8. The maximum absolute atomic E-state index is 9.83. The van der Waals surface area contributed by atoms with Crippen LogP contribution in [0.3, 0.4) is 0 Å². The van der Waals surface area contributed by atoms with Gasteiger partial charge in [-0.15, -0.1) is 0 Å². The Morgan fingerprint density at radius 2 is 1.45 bits per heavy atom. The van der Waals surface area contributed by atoms with Crippen LogP contribution >= 0.6 is 0 Å². The number of aromatic hydroxyl groups is 2. The molecular formula is C16H16O4. The third-order valence-corrected chi connectivity index (χ3v) is 2.84. The Morgan fingerprint density at radius 3 is 2.00 bits per heavy atom. The van der Waals surface area contributed by atoms with Crippen LogP contribution in [0.5, 0.6) is 23.0 Å². The van der Waals surface area contributed by atoms with Crippen LogP contribution in [0.15, 0.2) is 36.4 Å². The SMILES string of the molecule is COc1cc(C=Cc2cccc(O)c2)cc(OC)c1O. The van der Waals surface area contributed by atoms with Crippen molar-refractivity contribution in [2.45, 2.75) is 0 Å². The van der Waals surface area contributed by atoms with Crippen molar-refractivity contribution in [3.05, 3.63) is 47.5 Å². The summed E-state index contributed by atoms with van der Waals surface area (Å²) in [7, 11) is 2.97. The third-order valence-electron chi connectivity index (χ3n) is 2.84. The zero-order valence-corrected chi connectivity index (χ0v) is 11.3. The van der Waals surface area contributed by atoms with E-state index in [2.05, 4.69) is 0 Å². The predicted octanol–water partition coefficient (Wildman–Crippen LogP) is 3.29. The minimum atomic E-state index is -0.0236.